The number of carbonyl (C=O) groups is 3. The summed E-state index contributed by atoms with van der Waals surface area (Å²) in [6.07, 6.45) is 0. The molecule has 0 saturated heterocycles. The molecule has 0 unspecified atom stereocenters. The molecule has 2 rings (SSSR count). The second-order valence-electron chi connectivity index (χ2n) is 4.81. The third-order valence-electron chi connectivity index (χ3n) is 3.04. The fourth-order valence-corrected chi connectivity index (χ4v) is 1.88. The molecule has 0 radical (unpaired) electrons. The number of rotatable bonds is 6. The first-order valence-corrected chi connectivity index (χ1v) is 6.84. The predicted octanol–water partition coefficient (Wildman–Crippen LogP) is 0.253. The molecule has 24 heavy (non-hydrogen) atoms. The normalized spacial score (nSPS) is 10.2. The zero-order chi connectivity index (χ0) is 17.7. The van der Waals surface area contributed by atoms with Crippen LogP contribution in [-0.4, -0.2) is 28.9 Å². The molecule has 0 aliphatic heterocycles. The van der Waals surface area contributed by atoms with E-state index in [1.54, 1.807) is 24.3 Å². The van der Waals surface area contributed by atoms with Gasteiger partial charge in [0, 0.05) is 0 Å². The van der Waals surface area contributed by atoms with Crippen LogP contribution in [0.2, 0.25) is 0 Å². The first kappa shape index (κ1) is 16.8. The van der Waals surface area contributed by atoms with Crippen molar-refractivity contribution in [3.8, 4) is 17.2 Å². The summed E-state index contributed by atoms with van der Waals surface area (Å²) in [5.41, 5.74) is 9.79. The van der Waals surface area contributed by atoms with Gasteiger partial charge in [-0.25, -0.2) is 0 Å². The van der Waals surface area contributed by atoms with E-state index < -0.39 is 23.8 Å². The molecular weight excluding hydrogens is 314 g/mol. The summed E-state index contributed by atoms with van der Waals surface area (Å²) >= 11 is 0. The highest BCUT2D eigenvalue weighted by Gasteiger charge is 2.25. The van der Waals surface area contributed by atoms with Gasteiger partial charge >= 0.3 is 0 Å². The molecule has 0 aromatic heterocycles. The van der Waals surface area contributed by atoms with Crippen LogP contribution in [0.4, 0.5) is 0 Å². The fourth-order valence-electron chi connectivity index (χ4n) is 1.88. The van der Waals surface area contributed by atoms with Crippen LogP contribution in [0.5, 0.6) is 17.2 Å². The van der Waals surface area contributed by atoms with Gasteiger partial charge in [0.05, 0.1) is 5.56 Å². The SMILES string of the molecule is NC(=O)C(NC(=O)c1cc(Oc2ccccc2)ccc1O)C(N)=O. The number of aromatic hydroxyl groups is 1. The Kier molecular flexibility index (Phi) is 5.00. The lowest BCUT2D eigenvalue weighted by Crippen LogP contribution is -2.52. The van der Waals surface area contributed by atoms with Gasteiger partial charge in [-0.05, 0) is 30.3 Å². The zero-order valence-electron chi connectivity index (χ0n) is 12.4. The van der Waals surface area contributed by atoms with Gasteiger partial charge in [0.15, 0.2) is 6.04 Å². The van der Waals surface area contributed by atoms with Crippen LogP contribution in [0.3, 0.4) is 0 Å². The molecule has 0 atom stereocenters. The van der Waals surface area contributed by atoms with Crippen LogP contribution in [0, 0.1) is 0 Å². The van der Waals surface area contributed by atoms with Gasteiger partial charge in [0.25, 0.3) is 5.91 Å². The Labute approximate surface area is 137 Å². The van der Waals surface area contributed by atoms with Crippen LogP contribution in [-0.2, 0) is 9.59 Å². The van der Waals surface area contributed by atoms with Crippen LogP contribution in [0.15, 0.2) is 48.5 Å². The molecule has 0 aliphatic rings. The highest BCUT2D eigenvalue weighted by Crippen LogP contribution is 2.27. The van der Waals surface area contributed by atoms with E-state index in [4.69, 9.17) is 16.2 Å². The average Bonchev–Trinajstić information content (AvgIpc) is 2.54. The Bertz CT molecular complexity index is 763. The van der Waals surface area contributed by atoms with Gasteiger partial charge in [-0.15, -0.1) is 0 Å². The molecule has 2 aromatic rings. The lowest BCUT2D eigenvalue weighted by molar-refractivity contribution is -0.128. The maximum absolute atomic E-state index is 12.1. The maximum atomic E-state index is 12.1. The number of hydrogen-bond donors (Lipinski definition) is 4. The summed E-state index contributed by atoms with van der Waals surface area (Å²) in [6, 6.07) is 11.1. The van der Waals surface area contributed by atoms with Gasteiger partial charge in [-0.1, -0.05) is 18.2 Å². The van der Waals surface area contributed by atoms with Gasteiger partial charge < -0.3 is 26.6 Å². The highest BCUT2D eigenvalue weighted by atomic mass is 16.5. The molecule has 124 valence electrons. The van der Waals surface area contributed by atoms with E-state index in [1.807, 2.05) is 6.07 Å². The third-order valence-corrected chi connectivity index (χ3v) is 3.04. The molecule has 0 heterocycles. The standard InChI is InChI=1S/C16H15N3O5/c17-14(21)13(15(18)22)19-16(23)11-8-10(6-7-12(11)20)24-9-4-2-1-3-5-9/h1-8,13,20H,(H2,17,21)(H2,18,22)(H,19,23). The molecule has 0 fully saturated rings. The van der Waals surface area contributed by atoms with E-state index in [-0.39, 0.29) is 17.1 Å². The number of phenols is 1. The molecule has 8 nitrogen and oxygen atoms in total. The van der Waals surface area contributed by atoms with Gasteiger partial charge in [0.1, 0.15) is 17.2 Å². The molecule has 0 saturated carbocycles. The minimum Gasteiger partial charge on any atom is -0.507 e. The number of carbonyl (C=O) groups excluding carboxylic acids is 3. The number of hydrogen-bond acceptors (Lipinski definition) is 5. The number of nitrogens with one attached hydrogen (secondary N) is 1. The quantitative estimate of drug-likeness (QED) is 0.561. The lowest BCUT2D eigenvalue weighted by Gasteiger charge is -2.13. The van der Waals surface area contributed by atoms with E-state index >= 15 is 0 Å². The first-order chi connectivity index (χ1) is 11.4. The molecular formula is C16H15N3O5. The van der Waals surface area contributed by atoms with Gasteiger partial charge in [-0.2, -0.15) is 0 Å². The number of nitrogens with two attached hydrogens (primary N) is 2. The summed E-state index contributed by atoms with van der Waals surface area (Å²) in [6.45, 7) is 0. The minimum absolute atomic E-state index is 0.198. The van der Waals surface area contributed by atoms with Crippen LogP contribution < -0.4 is 21.5 Å². The van der Waals surface area contributed by atoms with Crippen molar-refractivity contribution in [2.45, 2.75) is 6.04 Å². The Hall–Kier alpha value is -3.55. The number of benzene rings is 2. The summed E-state index contributed by atoms with van der Waals surface area (Å²) in [4.78, 5) is 34.4. The topological polar surface area (TPSA) is 145 Å². The van der Waals surface area contributed by atoms with Crippen molar-refractivity contribution < 1.29 is 24.2 Å². The van der Waals surface area contributed by atoms with Crippen LogP contribution in [0.25, 0.3) is 0 Å². The molecule has 3 amide bonds. The summed E-state index contributed by atoms with van der Waals surface area (Å²) in [7, 11) is 0. The number of para-hydroxylation sites is 1. The van der Waals surface area contributed by atoms with Crippen molar-refractivity contribution in [3.63, 3.8) is 0 Å². The number of amides is 3. The Morgan fingerprint density at radius 2 is 1.58 bits per heavy atom. The van der Waals surface area contributed by atoms with E-state index in [1.165, 1.54) is 18.2 Å². The average molecular weight is 329 g/mol. The van der Waals surface area contributed by atoms with Crippen LogP contribution in [0.1, 0.15) is 10.4 Å². The second kappa shape index (κ2) is 7.14. The molecule has 0 aliphatic carbocycles. The monoisotopic (exact) mass is 329 g/mol. The first-order valence-electron chi connectivity index (χ1n) is 6.84. The minimum atomic E-state index is -1.68. The van der Waals surface area contributed by atoms with Crippen LogP contribution >= 0.6 is 0 Å². The third kappa shape index (κ3) is 4.01. The van der Waals surface area contributed by atoms with Crippen molar-refractivity contribution in [1.29, 1.82) is 0 Å². The summed E-state index contributed by atoms with van der Waals surface area (Å²) < 4.78 is 5.55. The van der Waals surface area contributed by atoms with Gasteiger partial charge in [0.2, 0.25) is 11.8 Å². The number of primary amides is 2. The number of ether oxygens (including phenoxy) is 1. The van der Waals surface area contributed by atoms with Crippen molar-refractivity contribution in [2.75, 3.05) is 0 Å². The maximum Gasteiger partial charge on any atom is 0.256 e. The Morgan fingerprint density at radius 3 is 2.17 bits per heavy atom. The molecule has 0 spiro atoms. The number of phenolic OH excluding ortho intramolecular Hbond substituents is 1. The summed E-state index contributed by atoms with van der Waals surface area (Å²) in [5, 5.41) is 11.9. The molecule has 0 bridgehead atoms. The predicted molar refractivity (Wildman–Crippen MR) is 84.3 cm³/mol. The smallest absolute Gasteiger partial charge is 0.256 e. The molecule has 8 heteroatoms. The van der Waals surface area contributed by atoms with E-state index in [0.717, 1.165) is 0 Å². The zero-order valence-corrected chi connectivity index (χ0v) is 12.4. The lowest BCUT2D eigenvalue weighted by atomic mass is 10.1. The Morgan fingerprint density at radius 1 is 0.958 bits per heavy atom. The largest absolute Gasteiger partial charge is 0.507 e. The molecule has 6 N–H and O–H groups in total. The van der Waals surface area contributed by atoms with Gasteiger partial charge in [-0.3, -0.25) is 14.4 Å². The van der Waals surface area contributed by atoms with Crippen molar-refractivity contribution in [1.82, 2.24) is 5.32 Å². The van der Waals surface area contributed by atoms with E-state index in [2.05, 4.69) is 5.32 Å². The highest BCUT2D eigenvalue weighted by molar-refractivity contribution is 6.08. The second-order valence-corrected chi connectivity index (χ2v) is 4.81. The van der Waals surface area contributed by atoms with E-state index in [9.17, 15) is 19.5 Å². The fraction of sp³-hybridized carbons (Fsp3) is 0.0625. The van der Waals surface area contributed by atoms with E-state index in [0.29, 0.717) is 5.75 Å². The van der Waals surface area contributed by atoms with Crippen molar-refractivity contribution in [2.24, 2.45) is 11.5 Å². The van der Waals surface area contributed by atoms with Crippen molar-refractivity contribution >= 4 is 17.7 Å². The van der Waals surface area contributed by atoms with Crippen molar-refractivity contribution in [3.05, 3.63) is 54.1 Å². The molecule has 2 aromatic carbocycles. The Balaban J connectivity index is 2.23. The summed E-state index contributed by atoms with van der Waals surface area (Å²) in [5.74, 6) is -2.66.